The van der Waals surface area contributed by atoms with Crippen molar-refractivity contribution in [2.75, 3.05) is 13.1 Å². The number of carbonyl (C=O) groups is 1. The molecule has 0 amide bonds. The number of piperidine rings is 2. The van der Waals surface area contributed by atoms with E-state index in [4.69, 9.17) is 0 Å². The lowest BCUT2D eigenvalue weighted by atomic mass is 9.73. The number of fused-ring (bicyclic) bond motifs is 1. The molecule has 0 aromatic rings. The van der Waals surface area contributed by atoms with Gasteiger partial charge in [-0.2, -0.15) is 0 Å². The minimum atomic E-state index is -0.162. The number of hydrogen-bond donors (Lipinski definition) is 0. The number of Topliss-reactive ketones (excluding diaryl/α,β-unsaturated/α-hetero) is 1. The molecule has 16 heavy (non-hydrogen) atoms. The van der Waals surface area contributed by atoms with E-state index in [0.29, 0.717) is 17.7 Å². The Labute approximate surface area is 99.4 Å². The Morgan fingerprint density at radius 2 is 1.75 bits per heavy atom. The number of rotatable bonds is 1. The Morgan fingerprint density at radius 1 is 1.06 bits per heavy atom. The SMILES string of the molecule is CC(C)(C)C(=O)C1CCCN2CCCCC12. The number of nitrogens with zero attached hydrogens (tertiary/aromatic N) is 1. The molecule has 2 rings (SSSR count). The maximum Gasteiger partial charge on any atom is 0.142 e. The average molecular weight is 223 g/mol. The first-order valence-corrected chi connectivity index (χ1v) is 6.78. The fourth-order valence-electron chi connectivity index (χ4n) is 3.32. The highest BCUT2D eigenvalue weighted by molar-refractivity contribution is 5.86. The molecule has 2 aliphatic heterocycles. The molecule has 0 saturated carbocycles. The van der Waals surface area contributed by atoms with Crippen LogP contribution in [0.5, 0.6) is 0 Å². The normalized spacial score (nSPS) is 32.2. The van der Waals surface area contributed by atoms with Gasteiger partial charge in [0.2, 0.25) is 0 Å². The Bertz CT molecular complexity index is 264. The third-order valence-electron chi connectivity index (χ3n) is 4.17. The first-order valence-electron chi connectivity index (χ1n) is 6.78. The van der Waals surface area contributed by atoms with E-state index in [1.165, 1.54) is 38.8 Å². The highest BCUT2D eigenvalue weighted by Gasteiger charge is 2.40. The van der Waals surface area contributed by atoms with Crippen LogP contribution in [0.4, 0.5) is 0 Å². The van der Waals surface area contributed by atoms with Crippen molar-refractivity contribution >= 4 is 5.78 Å². The molecule has 2 heterocycles. The van der Waals surface area contributed by atoms with Crippen LogP contribution in [0.3, 0.4) is 0 Å². The maximum absolute atomic E-state index is 12.4. The van der Waals surface area contributed by atoms with Gasteiger partial charge in [0.05, 0.1) is 0 Å². The van der Waals surface area contributed by atoms with Crippen LogP contribution in [-0.2, 0) is 4.79 Å². The molecule has 0 aromatic carbocycles. The van der Waals surface area contributed by atoms with Crippen molar-refractivity contribution in [3.05, 3.63) is 0 Å². The molecule has 2 atom stereocenters. The molecule has 2 unspecified atom stereocenters. The van der Waals surface area contributed by atoms with Crippen molar-refractivity contribution in [2.45, 2.75) is 58.9 Å². The first kappa shape index (κ1) is 12.1. The van der Waals surface area contributed by atoms with Crippen molar-refractivity contribution in [1.29, 1.82) is 0 Å². The van der Waals surface area contributed by atoms with E-state index in [-0.39, 0.29) is 5.41 Å². The molecule has 0 aliphatic carbocycles. The third kappa shape index (κ3) is 2.32. The Kier molecular flexibility index (Phi) is 3.39. The highest BCUT2D eigenvalue weighted by Crippen LogP contribution is 2.35. The largest absolute Gasteiger partial charge is 0.300 e. The van der Waals surface area contributed by atoms with Gasteiger partial charge in [0.15, 0.2) is 0 Å². The molecule has 0 bridgehead atoms. The van der Waals surface area contributed by atoms with Gasteiger partial charge in [-0.05, 0) is 38.8 Å². The summed E-state index contributed by atoms with van der Waals surface area (Å²) in [5, 5.41) is 0. The molecule has 2 heteroatoms. The average Bonchev–Trinajstić information content (AvgIpc) is 2.26. The van der Waals surface area contributed by atoms with Crippen LogP contribution in [0, 0.1) is 11.3 Å². The van der Waals surface area contributed by atoms with Crippen molar-refractivity contribution < 1.29 is 4.79 Å². The molecular weight excluding hydrogens is 198 g/mol. The van der Waals surface area contributed by atoms with Crippen molar-refractivity contribution in [3.63, 3.8) is 0 Å². The summed E-state index contributed by atoms with van der Waals surface area (Å²) in [5.74, 6) is 0.804. The molecular formula is C14H25NO. The van der Waals surface area contributed by atoms with Gasteiger partial charge in [-0.1, -0.05) is 27.2 Å². The highest BCUT2D eigenvalue weighted by atomic mass is 16.1. The summed E-state index contributed by atoms with van der Waals surface area (Å²) in [4.78, 5) is 15.0. The topological polar surface area (TPSA) is 20.3 Å². The lowest BCUT2D eigenvalue weighted by molar-refractivity contribution is -0.135. The van der Waals surface area contributed by atoms with Crippen molar-refractivity contribution in [1.82, 2.24) is 4.90 Å². The molecule has 2 nitrogen and oxygen atoms in total. The van der Waals surface area contributed by atoms with Crippen LogP contribution >= 0.6 is 0 Å². The van der Waals surface area contributed by atoms with Crippen LogP contribution in [0.25, 0.3) is 0 Å². The molecule has 2 aliphatic rings. The Hall–Kier alpha value is -0.370. The van der Waals surface area contributed by atoms with Gasteiger partial charge in [0.1, 0.15) is 5.78 Å². The van der Waals surface area contributed by atoms with E-state index in [9.17, 15) is 4.79 Å². The smallest absolute Gasteiger partial charge is 0.142 e. The van der Waals surface area contributed by atoms with Gasteiger partial charge in [-0.15, -0.1) is 0 Å². The van der Waals surface area contributed by atoms with Crippen LogP contribution in [0.15, 0.2) is 0 Å². The summed E-state index contributed by atoms with van der Waals surface area (Å²) in [6.07, 6.45) is 6.22. The summed E-state index contributed by atoms with van der Waals surface area (Å²) < 4.78 is 0. The molecule has 0 aromatic heterocycles. The zero-order valence-corrected chi connectivity index (χ0v) is 11.0. The summed E-state index contributed by atoms with van der Waals surface area (Å²) >= 11 is 0. The van der Waals surface area contributed by atoms with Gasteiger partial charge in [-0.3, -0.25) is 9.69 Å². The monoisotopic (exact) mass is 223 g/mol. The fraction of sp³-hybridized carbons (Fsp3) is 0.929. The number of ketones is 1. The molecule has 2 saturated heterocycles. The van der Waals surface area contributed by atoms with Crippen molar-refractivity contribution in [3.8, 4) is 0 Å². The van der Waals surface area contributed by atoms with Gasteiger partial charge < -0.3 is 0 Å². The minimum Gasteiger partial charge on any atom is -0.300 e. The summed E-state index contributed by atoms with van der Waals surface area (Å²) in [5.41, 5.74) is -0.162. The Morgan fingerprint density at radius 3 is 2.44 bits per heavy atom. The third-order valence-corrected chi connectivity index (χ3v) is 4.17. The quantitative estimate of drug-likeness (QED) is 0.681. The van der Waals surface area contributed by atoms with E-state index in [1.807, 2.05) is 0 Å². The summed E-state index contributed by atoms with van der Waals surface area (Å²) in [6, 6.07) is 0.564. The predicted molar refractivity (Wildman–Crippen MR) is 66.4 cm³/mol. The van der Waals surface area contributed by atoms with Crippen LogP contribution in [0.2, 0.25) is 0 Å². The van der Waals surface area contributed by atoms with E-state index in [1.54, 1.807) is 0 Å². The maximum atomic E-state index is 12.4. The second-order valence-corrected chi connectivity index (χ2v) is 6.46. The van der Waals surface area contributed by atoms with Crippen LogP contribution < -0.4 is 0 Å². The van der Waals surface area contributed by atoms with Gasteiger partial charge in [0.25, 0.3) is 0 Å². The summed E-state index contributed by atoms with van der Waals surface area (Å²) in [6.45, 7) is 8.64. The lowest BCUT2D eigenvalue weighted by Crippen LogP contribution is -2.52. The molecule has 2 fully saturated rings. The summed E-state index contributed by atoms with van der Waals surface area (Å²) in [7, 11) is 0. The zero-order valence-electron chi connectivity index (χ0n) is 11.0. The standard InChI is InChI=1S/C14H25NO/c1-14(2,3)13(16)11-7-6-10-15-9-5-4-8-12(11)15/h11-12H,4-10H2,1-3H3. The zero-order chi connectivity index (χ0) is 11.8. The van der Waals surface area contributed by atoms with Crippen LogP contribution in [0.1, 0.15) is 52.9 Å². The number of hydrogen-bond acceptors (Lipinski definition) is 2. The van der Waals surface area contributed by atoms with E-state index in [2.05, 4.69) is 25.7 Å². The van der Waals surface area contributed by atoms with E-state index >= 15 is 0 Å². The molecule has 92 valence electrons. The van der Waals surface area contributed by atoms with E-state index < -0.39 is 0 Å². The second kappa shape index (κ2) is 4.48. The predicted octanol–water partition coefficient (Wildman–Crippen LogP) is 2.87. The second-order valence-electron chi connectivity index (χ2n) is 6.46. The minimum absolute atomic E-state index is 0.162. The van der Waals surface area contributed by atoms with E-state index in [0.717, 1.165) is 6.42 Å². The van der Waals surface area contributed by atoms with Gasteiger partial charge >= 0.3 is 0 Å². The first-order chi connectivity index (χ1) is 7.50. The molecule has 0 N–H and O–H groups in total. The lowest BCUT2D eigenvalue weighted by Gasteiger charge is -2.45. The van der Waals surface area contributed by atoms with Crippen molar-refractivity contribution in [2.24, 2.45) is 11.3 Å². The molecule has 0 radical (unpaired) electrons. The number of carbonyl (C=O) groups excluding carboxylic acids is 1. The fourth-order valence-corrected chi connectivity index (χ4v) is 3.32. The Balaban J connectivity index is 2.11. The molecule has 0 spiro atoms. The van der Waals surface area contributed by atoms with Crippen LogP contribution in [-0.4, -0.2) is 29.8 Å². The van der Waals surface area contributed by atoms with Gasteiger partial charge in [0, 0.05) is 17.4 Å². The van der Waals surface area contributed by atoms with Gasteiger partial charge in [-0.25, -0.2) is 0 Å².